The van der Waals surface area contributed by atoms with E-state index < -0.39 is 25.9 Å². The number of carbonyl (C=O) groups excluding carboxylic acids is 2. The maximum Gasteiger partial charge on any atom is 0.336 e. The lowest BCUT2D eigenvalue weighted by molar-refractivity contribution is -0.160. The molecule has 0 aliphatic carbocycles. The molecule has 0 fully saturated rings. The first-order chi connectivity index (χ1) is 13.7. The number of hydrogen-bond donors (Lipinski definition) is 1. The number of methoxy groups -OCH3 is 2. The first-order valence-electron chi connectivity index (χ1n) is 10.4. The van der Waals surface area contributed by atoms with Crippen molar-refractivity contribution in [1.82, 2.24) is 5.32 Å². The van der Waals surface area contributed by atoms with Crippen LogP contribution in [0.5, 0.6) is 5.75 Å². The van der Waals surface area contributed by atoms with Crippen molar-refractivity contribution in [2.24, 2.45) is 5.92 Å². The highest BCUT2D eigenvalue weighted by molar-refractivity contribution is 6.74. The van der Waals surface area contributed by atoms with Crippen LogP contribution in [0.4, 0.5) is 0 Å². The van der Waals surface area contributed by atoms with Gasteiger partial charge in [-0.1, -0.05) is 46.8 Å². The van der Waals surface area contributed by atoms with E-state index in [1.54, 1.807) is 7.11 Å². The molecule has 30 heavy (non-hydrogen) atoms. The van der Waals surface area contributed by atoms with E-state index in [0.717, 1.165) is 11.3 Å². The summed E-state index contributed by atoms with van der Waals surface area (Å²) in [5.41, 5.74) is -0.682. The lowest BCUT2D eigenvalue weighted by atomic mass is 9.82. The van der Waals surface area contributed by atoms with Crippen molar-refractivity contribution in [2.75, 3.05) is 14.2 Å². The number of nitrogens with one attached hydrogen (secondary N) is 1. The molecule has 0 saturated heterocycles. The summed E-state index contributed by atoms with van der Waals surface area (Å²) in [7, 11) is 0.630. The highest BCUT2D eigenvalue weighted by atomic mass is 28.4. The SMILES string of the molecule is COC(=O)[C@](NCc1ccc(OC)cc1)(C(C)=O)[C@@H](O[Si](C)(C)C(C)(C)C)C(C)C. The third kappa shape index (κ3) is 5.71. The second kappa shape index (κ2) is 10.1. The minimum absolute atomic E-state index is 0.0746. The summed E-state index contributed by atoms with van der Waals surface area (Å²) in [5, 5.41) is 3.15. The summed E-state index contributed by atoms with van der Waals surface area (Å²) in [6, 6.07) is 7.48. The van der Waals surface area contributed by atoms with Gasteiger partial charge < -0.3 is 13.9 Å². The molecule has 0 radical (unpaired) electrons. The summed E-state index contributed by atoms with van der Waals surface area (Å²) >= 11 is 0. The van der Waals surface area contributed by atoms with Gasteiger partial charge in [0.05, 0.1) is 20.3 Å². The zero-order valence-corrected chi connectivity index (χ0v) is 21.2. The van der Waals surface area contributed by atoms with Gasteiger partial charge in [0, 0.05) is 6.54 Å². The van der Waals surface area contributed by atoms with Gasteiger partial charge >= 0.3 is 5.97 Å². The first-order valence-corrected chi connectivity index (χ1v) is 13.3. The number of esters is 1. The summed E-state index contributed by atoms with van der Waals surface area (Å²) in [6.45, 7) is 16.3. The fourth-order valence-corrected chi connectivity index (χ4v) is 4.56. The number of hydrogen-bond acceptors (Lipinski definition) is 6. The molecule has 170 valence electrons. The van der Waals surface area contributed by atoms with Crippen molar-refractivity contribution in [2.45, 2.75) is 77.9 Å². The Kier molecular flexibility index (Phi) is 8.84. The third-order valence-corrected chi connectivity index (χ3v) is 10.5. The van der Waals surface area contributed by atoms with E-state index in [2.05, 4.69) is 39.2 Å². The van der Waals surface area contributed by atoms with E-state index in [1.165, 1.54) is 14.0 Å². The van der Waals surface area contributed by atoms with Gasteiger partial charge in [0.25, 0.3) is 0 Å². The van der Waals surface area contributed by atoms with Crippen LogP contribution in [0.15, 0.2) is 24.3 Å². The number of Topliss-reactive ketones (excluding diaryl/α,β-unsaturated/α-hetero) is 1. The normalized spacial score (nSPS) is 15.4. The van der Waals surface area contributed by atoms with E-state index in [4.69, 9.17) is 13.9 Å². The molecule has 1 N–H and O–H groups in total. The van der Waals surface area contributed by atoms with Crippen LogP contribution in [0.25, 0.3) is 0 Å². The maximum atomic E-state index is 13.1. The second-order valence-corrected chi connectivity index (χ2v) is 14.4. The quantitative estimate of drug-likeness (QED) is 0.334. The molecule has 7 heteroatoms. The van der Waals surface area contributed by atoms with Crippen molar-refractivity contribution in [3.63, 3.8) is 0 Å². The van der Waals surface area contributed by atoms with Gasteiger partial charge in [-0.25, -0.2) is 4.79 Å². The third-order valence-electron chi connectivity index (χ3n) is 6.05. The van der Waals surface area contributed by atoms with E-state index in [0.29, 0.717) is 6.54 Å². The van der Waals surface area contributed by atoms with Crippen molar-refractivity contribution >= 4 is 20.1 Å². The van der Waals surface area contributed by atoms with Crippen LogP contribution in [-0.2, 0) is 25.3 Å². The molecular weight excluding hydrogens is 398 g/mol. The molecule has 0 unspecified atom stereocenters. The van der Waals surface area contributed by atoms with Gasteiger partial charge in [0.2, 0.25) is 5.54 Å². The highest BCUT2D eigenvalue weighted by Crippen LogP contribution is 2.40. The topological polar surface area (TPSA) is 73.9 Å². The number of benzene rings is 1. The van der Waals surface area contributed by atoms with Gasteiger partial charge in [-0.15, -0.1) is 0 Å². The van der Waals surface area contributed by atoms with Crippen molar-refractivity contribution in [3.8, 4) is 5.75 Å². The molecule has 0 bridgehead atoms. The van der Waals surface area contributed by atoms with Crippen LogP contribution in [0.1, 0.15) is 47.1 Å². The second-order valence-electron chi connectivity index (χ2n) is 9.60. The first kappa shape index (κ1) is 26.3. The average molecular weight is 438 g/mol. The van der Waals surface area contributed by atoms with Crippen LogP contribution in [0.2, 0.25) is 18.1 Å². The van der Waals surface area contributed by atoms with Crippen LogP contribution in [0.3, 0.4) is 0 Å². The predicted molar refractivity (Wildman–Crippen MR) is 122 cm³/mol. The molecule has 0 heterocycles. The molecule has 6 nitrogen and oxygen atoms in total. The van der Waals surface area contributed by atoms with E-state index in [-0.39, 0.29) is 16.7 Å². The molecular formula is C23H39NO5Si. The van der Waals surface area contributed by atoms with Crippen molar-refractivity contribution < 1.29 is 23.5 Å². The molecule has 1 aromatic carbocycles. The fourth-order valence-electron chi connectivity index (χ4n) is 3.12. The molecule has 0 spiro atoms. The highest BCUT2D eigenvalue weighted by Gasteiger charge is 2.55. The van der Waals surface area contributed by atoms with Gasteiger partial charge in [0.15, 0.2) is 14.1 Å². The Morgan fingerprint density at radius 1 is 1.07 bits per heavy atom. The summed E-state index contributed by atoms with van der Waals surface area (Å²) in [6.07, 6.45) is -0.665. The predicted octanol–water partition coefficient (Wildman–Crippen LogP) is 4.33. The van der Waals surface area contributed by atoms with Crippen LogP contribution >= 0.6 is 0 Å². The molecule has 0 amide bonds. The lowest BCUT2D eigenvalue weighted by Crippen LogP contribution is -2.69. The van der Waals surface area contributed by atoms with E-state index in [1.807, 2.05) is 38.1 Å². The van der Waals surface area contributed by atoms with Crippen LogP contribution in [-0.4, -0.2) is 45.9 Å². The Labute approximate surface area is 182 Å². The summed E-state index contributed by atoms with van der Waals surface area (Å²) < 4.78 is 17.0. The van der Waals surface area contributed by atoms with Gasteiger partial charge in [0.1, 0.15) is 5.75 Å². The minimum Gasteiger partial charge on any atom is -0.497 e. The molecule has 1 aromatic rings. The summed E-state index contributed by atoms with van der Waals surface area (Å²) in [4.78, 5) is 26.1. The van der Waals surface area contributed by atoms with E-state index in [9.17, 15) is 9.59 Å². The number of carbonyl (C=O) groups is 2. The van der Waals surface area contributed by atoms with Crippen LogP contribution in [0, 0.1) is 5.92 Å². The largest absolute Gasteiger partial charge is 0.497 e. The smallest absolute Gasteiger partial charge is 0.336 e. The Hall–Kier alpha value is -1.70. The van der Waals surface area contributed by atoms with Crippen molar-refractivity contribution in [1.29, 1.82) is 0 Å². The number of ether oxygens (including phenoxy) is 2. The zero-order chi connectivity index (χ0) is 23.3. The molecule has 0 saturated carbocycles. The molecule has 0 aliphatic rings. The molecule has 1 rings (SSSR count). The Bertz CT molecular complexity index is 724. The molecule has 0 aromatic heterocycles. The standard InChI is InChI=1S/C23H39NO5Si/c1-16(2)20(29-30(9,10)22(4,5)6)23(17(3)25,21(26)28-8)24-15-18-11-13-19(27-7)14-12-18/h11-14,16,20,24H,15H2,1-10H3/t20-,23-/m0/s1. The fraction of sp³-hybridized carbons (Fsp3) is 0.652. The average Bonchev–Trinajstić information content (AvgIpc) is 2.66. The zero-order valence-electron chi connectivity index (χ0n) is 20.2. The maximum absolute atomic E-state index is 13.1. The molecule has 2 atom stereocenters. The summed E-state index contributed by atoms with van der Waals surface area (Å²) in [5.74, 6) is -0.294. The molecule has 0 aliphatic heterocycles. The lowest BCUT2D eigenvalue weighted by Gasteiger charge is -2.46. The van der Waals surface area contributed by atoms with Crippen LogP contribution < -0.4 is 10.1 Å². The Morgan fingerprint density at radius 2 is 1.60 bits per heavy atom. The van der Waals surface area contributed by atoms with E-state index >= 15 is 0 Å². The van der Waals surface area contributed by atoms with Gasteiger partial charge in [-0.05, 0) is 48.7 Å². The Morgan fingerprint density at radius 3 is 1.97 bits per heavy atom. The number of rotatable bonds is 10. The van der Waals surface area contributed by atoms with Crippen molar-refractivity contribution in [3.05, 3.63) is 29.8 Å². The monoisotopic (exact) mass is 437 g/mol. The van der Waals surface area contributed by atoms with Gasteiger partial charge in [-0.3, -0.25) is 10.1 Å². The minimum atomic E-state index is -2.28. The van der Waals surface area contributed by atoms with Gasteiger partial charge in [-0.2, -0.15) is 0 Å². The number of ketones is 1. The Balaban J connectivity index is 3.41.